The first-order chi connectivity index (χ1) is 17.6. The maximum absolute atomic E-state index is 10.4. The molecular formula is C32H52O4. The Labute approximate surface area is 220 Å². The topological polar surface area (TPSA) is 77.8 Å². The standard InChI is InChI=1S/C32H52O4/c1-2-3-20-25-30(33)27-22-18-19-23-28-31(34)26-21-16-14-12-10-8-6-4-5-7-9-11-13-15-17-24-29-32(35)36/h3,10,12,16,18-23,27-28,30-31,33-34H,2,4-9,11,13-15,17,24-26,29H2,1H3,(H,35,36). The minimum Gasteiger partial charge on any atom is -0.481 e. The highest BCUT2D eigenvalue weighted by Crippen LogP contribution is 2.12. The number of hydrogen-bond acceptors (Lipinski definition) is 3. The Morgan fingerprint density at radius 2 is 1.08 bits per heavy atom. The average Bonchev–Trinajstić information content (AvgIpc) is 2.85. The summed E-state index contributed by atoms with van der Waals surface area (Å²) in [4.78, 5) is 10.4. The molecular weight excluding hydrogens is 448 g/mol. The summed E-state index contributed by atoms with van der Waals surface area (Å²) in [5.74, 6) is -0.678. The second kappa shape index (κ2) is 27.4. The van der Waals surface area contributed by atoms with Gasteiger partial charge in [0.15, 0.2) is 0 Å². The van der Waals surface area contributed by atoms with Gasteiger partial charge in [-0.3, -0.25) is 4.79 Å². The van der Waals surface area contributed by atoms with Crippen molar-refractivity contribution in [1.82, 2.24) is 0 Å². The van der Waals surface area contributed by atoms with E-state index in [1.54, 1.807) is 12.2 Å². The number of carboxylic acids is 1. The molecule has 4 nitrogen and oxygen atoms in total. The minimum atomic E-state index is -0.678. The molecule has 0 aliphatic rings. The van der Waals surface area contributed by atoms with Gasteiger partial charge in [0, 0.05) is 6.42 Å². The van der Waals surface area contributed by atoms with E-state index in [4.69, 9.17) is 5.11 Å². The van der Waals surface area contributed by atoms with E-state index < -0.39 is 18.2 Å². The Balaban J connectivity index is 3.58. The van der Waals surface area contributed by atoms with E-state index in [2.05, 4.69) is 25.2 Å². The SMILES string of the molecule is CCC=CCC(O)C=CC=CC=CC(O)CC=CCC=CCCCCCCCCCCCCC(=O)O. The Hall–Kier alpha value is -2.17. The molecule has 0 radical (unpaired) electrons. The molecule has 0 aromatic rings. The van der Waals surface area contributed by atoms with E-state index in [0.717, 1.165) is 32.1 Å². The predicted octanol–water partition coefficient (Wildman–Crippen LogP) is 8.39. The second-order valence-electron chi connectivity index (χ2n) is 9.29. The molecule has 4 heteroatoms. The van der Waals surface area contributed by atoms with Crippen molar-refractivity contribution >= 4 is 5.97 Å². The van der Waals surface area contributed by atoms with Crippen LogP contribution in [0, 0.1) is 0 Å². The van der Waals surface area contributed by atoms with Crippen LogP contribution in [0.25, 0.3) is 0 Å². The molecule has 0 heterocycles. The lowest BCUT2D eigenvalue weighted by Crippen LogP contribution is -1.98. The molecule has 2 unspecified atom stereocenters. The lowest BCUT2D eigenvalue weighted by molar-refractivity contribution is -0.137. The highest BCUT2D eigenvalue weighted by atomic mass is 16.4. The second-order valence-corrected chi connectivity index (χ2v) is 9.29. The Morgan fingerprint density at radius 3 is 1.61 bits per heavy atom. The van der Waals surface area contributed by atoms with Gasteiger partial charge in [0.1, 0.15) is 0 Å². The fraction of sp³-hybridized carbons (Fsp3) is 0.594. The van der Waals surface area contributed by atoms with Crippen molar-refractivity contribution < 1.29 is 20.1 Å². The van der Waals surface area contributed by atoms with Gasteiger partial charge in [-0.1, -0.05) is 131 Å². The van der Waals surface area contributed by atoms with Crippen LogP contribution in [0.2, 0.25) is 0 Å². The summed E-state index contributed by atoms with van der Waals surface area (Å²) in [5.41, 5.74) is 0. The zero-order valence-electron chi connectivity index (χ0n) is 22.6. The van der Waals surface area contributed by atoms with Crippen molar-refractivity contribution in [2.45, 2.75) is 122 Å². The molecule has 36 heavy (non-hydrogen) atoms. The quantitative estimate of drug-likeness (QED) is 0.0706. The number of allylic oxidation sites excluding steroid dienone is 8. The van der Waals surface area contributed by atoms with Crippen LogP contribution >= 0.6 is 0 Å². The van der Waals surface area contributed by atoms with Crippen LogP contribution in [0.5, 0.6) is 0 Å². The fourth-order valence-corrected chi connectivity index (χ4v) is 3.65. The number of carboxylic acid groups (broad SMARTS) is 1. The van der Waals surface area contributed by atoms with E-state index >= 15 is 0 Å². The van der Waals surface area contributed by atoms with Crippen molar-refractivity contribution in [1.29, 1.82) is 0 Å². The van der Waals surface area contributed by atoms with Crippen LogP contribution < -0.4 is 0 Å². The average molecular weight is 501 g/mol. The van der Waals surface area contributed by atoms with Gasteiger partial charge in [-0.2, -0.15) is 0 Å². The van der Waals surface area contributed by atoms with Crippen molar-refractivity contribution in [2.24, 2.45) is 0 Å². The third-order valence-corrected chi connectivity index (χ3v) is 5.77. The minimum absolute atomic E-state index is 0.314. The largest absolute Gasteiger partial charge is 0.481 e. The smallest absolute Gasteiger partial charge is 0.303 e. The van der Waals surface area contributed by atoms with Gasteiger partial charge in [0.25, 0.3) is 0 Å². The Bertz CT molecular complexity index is 670. The van der Waals surface area contributed by atoms with Gasteiger partial charge >= 0.3 is 5.97 Å². The van der Waals surface area contributed by atoms with Gasteiger partial charge in [0.2, 0.25) is 0 Å². The number of rotatable bonds is 24. The zero-order chi connectivity index (χ0) is 26.5. The molecule has 0 saturated heterocycles. The van der Waals surface area contributed by atoms with Crippen molar-refractivity contribution in [3.63, 3.8) is 0 Å². The lowest BCUT2D eigenvalue weighted by Gasteiger charge is -2.01. The number of hydrogen-bond donors (Lipinski definition) is 3. The van der Waals surface area contributed by atoms with Crippen LogP contribution in [0.3, 0.4) is 0 Å². The van der Waals surface area contributed by atoms with Crippen LogP contribution in [0.15, 0.2) is 72.9 Å². The van der Waals surface area contributed by atoms with E-state index in [1.165, 1.54) is 51.4 Å². The molecule has 0 rings (SSSR count). The number of aliphatic hydroxyl groups excluding tert-OH is 2. The molecule has 204 valence electrons. The molecule has 0 aliphatic carbocycles. The first-order valence-corrected chi connectivity index (χ1v) is 14.1. The highest BCUT2D eigenvalue weighted by Gasteiger charge is 1.97. The van der Waals surface area contributed by atoms with Gasteiger partial charge in [-0.05, 0) is 44.9 Å². The summed E-state index contributed by atoms with van der Waals surface area (Å²) in [6.07, 6.45) is 39.2. The molecule has 0 amide bonds. The maximum Gasteiger partial charge on any atom is 0.303 e. The number of carbonyl (C=O) groups is 1. The van der Waals surface area contributed by atoms with Gasteiger partial charge in [-0.15, -0.1) is 0 Å². The van der Waals surface area contributed by atoms with Crippen LogP contribution in [-0.4, -0.2) is 33.5 Å². The first-order valence-electron chi connectivity index (χ1n) is 14.1. The van der Waals surface area contributed by atoms with Crippen LogP contribution in [0.4, 0.5) is 0 Å². The third kappa shape index (κ3) is 28.1. The molecule has 0 aliphatic heterocycles. The summed E-state index contributed by atoms with van der Waals surface area (Å²) in [7, 11) is 0. The van der Waals surface area contributed by atoms with Crippen molar-refractivity contribution in [2.75, 3.05) is 0 Å². The van der Waals surface area contributed by atoms with E-state index in [9.17, 15) is 15.0 Å². The van der Waals surface area contributed by atoms with Gasteiger partial charge in [-0.25, -0.2) is 0 Å². The maximum atomic E-state index is 10.4. The summed E-state index contributed by atoms with van der Waals surface area (Å²) in [6, 6.07) is 0. The summed E-state index contributed by atoms with van der Waals surface area (Å²) >= 11 is 0. The third-order valence-electron chi connectivity index (χ3n) is 5.77. The molecule has 0 saturated carbocycles. The Kier molecular flexibility index (Phi) is 25.8. The zero-order valence-corrected chi connectivity index (χ0v) is 22.6. The molecule has 0 bridgehead atoms. The normalized spacial score (nSPS) is 14.5. The summed E-state index contributed by atoms with van der Waals surface area (Å²) < 4.78 is 0. The number of aliphatic hydroxyl groups is 2. The molecule has 3 N–H and O–H groups in total. The molecule has 2 atom stereocenters. The molecule has 0 fully saturated rings. The lowest BCUT2D eigenvalue weighted by atomic mass is 10.1. The van der Waals surface area contributed by atoms with E-state index in [-0.39, 0.29) is 0 Å². The number of unbranched alkanes of at least 4 members (excludes halogenated alkanes) is 10. The van der Waals surface area contributed by atoms with Crippen molar-refractivity contribution in [3.8, 4) is 0 Å². The monoisotopic (exact) mass is 500 g/mol. The number of aliphatic carboxylic acids is 1. The molecule has 0 aromatic heterocycles. The Morgan fingerprint density at radius 1 is 0.611 bits per heavy atom. The van der Waals surface area contributed by atoms with E-state index in [0.29, 0.717) is 19.3 Å². The van der Waals surface area contributed by atoms with Gasteiger partial charge in [0.05, 0.1) is 12.2 Å². The predicted molar refractivity (Wildman–Crippen MR) is 154 cm³/mol. The van der Waals surface area contributed by atoms with Crippen molar-refractivity contribution in [3.05, 3.63) is 72.9 Å². The van der Waals surface area contributed by atoms with Crippen LogP contribution in [-0.2, 0) is 4.79 Å². The fourth-order valence-electron chi connectivity index (χ4n) is 3.65. The molecule has 0 aromatic carbocycles. The highest BCUT2D eigenvalue weighted by molar-refractivity contribution is 5.66. The van der Waals surface area contributed by atoms with E-state index in [1.807, 2.05) is 42.5 Å². The summed E-state index contributed by atoms with van der Waals surface area (Å²) in [5, 5.41) is 28.3. The first kappa shape index (κ1) is 33.8. The van der Waals surface area contributed by atoms with Gasteiger partial charge < -0.3 is 15.3 Å². The molecule has 0 spiro atoms. The summed E-state index contributed by atoms with van der Waals surface area (Å²) in [6.45, 7) is 2.07. The van der Waals surface area contributed by atoms with Crippen LogP contribution in [0.1, 0.15) is 110 Å².